The highest BCUT2D eigenvalue weighted by molar-refractivity contribution is 5.10. The fraction of sp³-hybridized carbons (Fsp3) is 0.333. The van der Waals surface area contributed by atoms with Crippen LogP contribution in [0.2, 0.25) is 0 Å². The number of nitrogens with zero attached hydrogens (tertiary/aromatic N) is 4. The minimum atomic E-state index is -1.12. The molecule has 0 aromatic carbocycles. The summed E-state index contributed by atoms with van der Waals surface area (Å²) in [5.74, 6) is -2.25. The van der Waals surface area contributed by atoms with Crippen molar-refractivity contribution in [2.24, 2.45) is 0 Å². The number of hydrogen-bond donors (Lipinski definition) is 0. The fourth-order valence-electron chi connectivity index (χ4n) is 4.07. The predicted octanol–water partition coefficient (Wildman–Crippen LogP) is 5.38. The number of ether oxygens (including phenoxy) is 1. The first-order valence-electron chi connectivity index (χ1n) is 11.8. The summed E-state index contributed by atoms with van der Waals surface area (Å²) >= 11 is 0. The van der Waals surface area contributed by atoms with Gasteiger partial charge in [0.2, 0.25) is 11.7 Å². The van der Waals surface area contributed by atoms with Crippen LogP contribution in [0.3, 0.4) is 0 Å². The van der Waals surface area contributed by atoms with E-state index in [1.807, 2.05) is 48.6 Å². The molecule has 0 N–H and O–H groups in total. The van der Waals surface area contributed by atoms with E-state index in [0.29, 0.717) is 52.4 Å². The minimum Gasteiger partial charge on any atom is -0.304 e. The van der Waals surface area contributed by atoms with Gasteiger partial charge in [0.1, 0.15) is 0 Å². The van der Waals surface area contributed by atoms with Crippen LogP contribution in [-0.2, 0) is 4.74 Å². The van der Waals surface area contributed by atoms with E-state index >= 15 is 0 Å². The van der Waals surface area contributed by atoms with Crippen LogP contribution in [0.5, 0.6) is 0 Å². The highest BCUT2D eigenvalue weighted by atomic mass is 16.6. The van der Waals surface area contributed by atoms with Crippen LogP contribution in [-0.4, -0.2) is 83.7 Å². The first-order chi connectivity index (χ1) is 16.9. The van der Waals surface area contributed by atoms with Crippen molar-refractivity contribution in [3.63, 3.8) is 0 Å². The molecule has 0 amide bonds. The summed E-state index contributed by atoms with van der Waals surface area (Å²) in [6.45, 7) is 44.3. The van der Waals surface area contributed by atoms with Crippen molar-refractivity contribution in [1.29, 1.82) is 0 Å². The second-order valence-electron chi connectivity index (χ2n) is 7.76. The monoisotopic (exact) mass is 478 g/mol. The minimum absolute atomic E-state index is 0.516. The normalized spacial score (nSPS) is 11.8. The lowest BCUT2D eigenvalue weighted by Crippen LogP contribution is -2.71. The molecule has 192 valence electrons. The van der Waals surface area contributed by atoms with Gasteiger partial charge in [0, 0.05) is 52.4 Å². The number of rotatable bonds is 24. The van der Waals surface area contributed by atoms with E-state index in [0.717, 1.165) is 0 Å². The van der Waals surface area contributed by atoms with Crippen molar-refractivity contribution in [2.75, 3.05) is 52.4 Å². The zero-order valence-electron chi connectivity index (χ0n) is 21.7. The largest absolute Gasteiger partial charge is 0.304 e. The second-order valence-corrected chi connectivity index (χ2v) is 7.76. The molecule has 0 saturated carbocycles. The first kappa shape index (κ1) is 32.2. The lowest BCUT2D eigenvalue weighted by atomic mass is 10.1. The molecule has 0 fully saturated rings. The molecule has 0 aliphatic heterocycles. The Balaban J connectivity index is 7.46. The topological polar surface area (TPSA) is 22.2 Å². The van der Waals surface area contributed by atoms with Gasteiger partial charge in [-0.1, -0.05) is 61.8 Å². The molecule has 0 rings (SSSR count). The first-order valence-corrected chi connectivity index (χ1v) is 11.8. The fourth-order valence-corrected chi connectivity index (χ4v) is 4.07. The van der Waals surface area contributed by atoms with Crippen LogP contribution in [0, 0.1) is 0 Å². The Kier molecular flexibility index (Phi) is 16.2. The standard InChI is InChI=1S/C30H46N4O/c1-11-21-31(22-12-2)29(19-9,32(23-13-3)24-14-4)35-30(20-10,33(25-15-5)26-16-6)34(27-17-7)28-18-8/h11-20H,1-10,21-28H2. The summed E-state index contributed by atoms with van der Waals surface area (Å²) in [5.41, 5.74) is 0. The van der Waals surface area contributed by atoms with E-state index in [-0.39, 0.29) is 0 Å². The molecule has 0 aromatic rings. The molecule has 0 heterocycles. The molecule has 0 aliphatic rings. The molecule has 5 heteroatoms. The van der Waals surface area contributed by atoms with Crippen molar-refractivity contribution in [1.82, 2.24) is 19.6 Å². The third-order valence-corrected chi connectivity index (χ3v) is 5.44. The molecular weight excluding hydrogens is 432 g/mol. The van der Waals surface area contributed by atoms with Crippen LogP contribution in [0.4, 0.5) is 0 Å². The summed E-state index contributed by atoms with van der Waals surface area (Å²) < 4.78 is 7.28. The molecule has 0 aliphatic carbocycles. The smallest absolute Gasteiger partial charge is 0.204 e. The maximum atomic E-state index is 7.28. The van der Waals surface area contributed by atoms with Gasteiger partial charge in [-0.2, -0.15) is 0 Å². The van der Waals surface area contributed by atoms with Crippen LogP contribution < -0.4 is 0 Å². The van der Waals surface area contributed by atoms with Gasteiger partial charge < -0.3 is 4.74 Å². The zero-order valence-corrected chi connectivity index (χ0v) is 21.7. The van der Waals surface area contributed by atoms with Gasteiger partial charge in [0.05, 0.1) is 0 Å². The van der Waals surface area contributed by atoms with E-state index in [4.69, 9.17) is 4.74 Å². The van der Waals surface area contributed by atoms with Crippen molar-refractivity contribution in [3.05, 3.63) is 127 Å². The Bertz CT molecular complexity index is 603. The molecule has 5 nitrogen and oxygen atoms in total. The van der Waals surface area contributed by atoms with Gasteiger partial charge in [-0.05, 0) is 12.2 Å². The molecule has 0 spiro atoms. The summed E-state index contributed by atoms with van der Waals surface area (Å²) in [6, 6.07) is 0. The molecule has 0 atom stereocenters. The lowest BCUT2D eigenvalue weighted by molar-refractivity contribution is -0.326. The van der Waals surface area contributed by atoms with Gasteiger partial charge in [-0.3, -0.25) is 19.6 Å². The third kappa shape index (κ3) is 8.13. The maximum Gasteiger partial charge on any atom is 0.204 e. The lowest BCUT2D eigenvalue weighted by Gasteiger charge is -2.56. The Morgan fingerprint density at radius 1 is 0.371 bits per heavy atom. The molecule has 0 aromatic heterocycles. The molecule has 0 saturated heterocycles. The second kappa shape index (κ2) is 17.6. The Hall–Kier alpha value is -2.80. The zero-order chi connectivity index (χ0) is 26.7. The average molecular weight is 479 g/mol. The van der Waals surface area contributed by atoms with Crippen LogP contribution in [0.25, 0.3) is 0 Å². The molecule has 0 radical (unpaired) electrons. The Labute approximate surface area is 215 Å². The van der Waals surface area contributed by atoms with E-state index < -0.39 is 11.7 Å². The van der Waals surface area contributed by atoms with Gasteiger partial charge in [0.15, 0.2) is 0 Å². The van der Waals surface area contributed by atoms with E-state index in [1.165, 1.54) is 0 Å². The highest BCUT2D eigenvalue weighted by Crippen LogP contribution is 2.35. The predicted molar refractivity (Wildman–Crippen MR) is 155 cm³/mol. The van der Waals surface area contributed by atoms with Crippen molar-refractivity contribution in [2.45, 2.75) is 11.7 Å². The van der Waals surface area contributed by atoms with Crippen LogP contribution >= 0.6 is 0 Å². The Morgan fingerprint density at radius 2 is 0.543 bits per heavy atom. The highest BCUT2D eigenvalue weighted by Gasteiger charge is 2.50. The molecule has 0 unspecified atom stereocenters. The SMILES string of the molecule is C=CCN(CC=C)C(C=C)(OC(C=C)(N(CC=C)CC=C)N(CC=C)CC=C)N(CC=C)CC=C. The van der Waals surface area contributed by atoms with E-state index in [9.17, 15) is 0 Å². The third-order valence-electron chi connectivity index (χ3n) is 5.44. The van der Waals surface area contributed by atoms with Gasteiger partial charge >= 0.3 is 0 Å². The van der Waals surface area contributed by atoms with Crippen molar-refractivity contribution in [3.8, 4) is 0 Å². The van der Waals surface area contributed by atoms with Gasteiger partial charge in [0.25, 0.3) is 0 Å². The van der Waals surface area contributed by atoms with E-state index in [1.54, 1.807) is 12.2 Å². The summed E-state index contributed by atoms with van der Waals surface area (Å²) in [7, 11) is 0. The van der Waals surface area contributed by atoms with Crippen molar-refractivity contribution < 1.29 is 4.74 Å². The number of hydrogen-bond acceptors (Lipinski definition) is 5. The summed E-state index contributed by atoms with van der Waals surface area (Å²) in [4.78, 5) is 8.41. The van der Waals surface area contributed by atoms with Crippen molar-refractivity contribution >= 4 is 0 Å². The molecule has 0 bridgehead atoms. The summed E-state index contributed by atoms with van der Waals surface area (Å²) in [5, 5.41) is 0. The Morgan fingerprint density at radius 3 is 0.657 bits per heavy atom. The van der Waals surface area contributed by atoms with Gasteiger partial charge in [-0.15, -0.1) is 52.6 Å². The molecular formula is C30H46N4O. The van der Waals surface area contributed by atoms with Crippen LogP contribution in [0.1, 0.15) is 0 Å². The molecule has 35 heavy (non-hydrogen) atoms. The van der Waals surface area contributed by atoms with Gasteiger partial charge in [-0.25, -0.2) is 0 Å². The van der Waals surface area contributed by atoms with E-state index in [2.05, 4.69) is 85.4 Å². The average Bonchev–Trinajstić information content (AvgIpc) is 2.85. The van der Waals surface area contributed by atoms with Crippen LogP contribution in [0.15, 0.2) is 127 Å². The maximum absolute atomic E-state index is 7.28. The summed E-state index contributed by atoms with van der Waals surface area (Å²) in [6.07, 6.45) is 18.2. The quantitative estimate of drug-likeness (QED) is 0.137.